The first-order chi connectivity index (χ1) is 8.06. The maximum Gasteiger partial charge on any atom is 0.169 e. The predicted octanol–water partition coefficient (Wildman–Crippen LogP) is 3.00. The summed E-state index contributed by atoms with van der Waals surface area (Å²) in [6.45, 7) is 3.35. The van der Waals surface area contributed by atoms with Crippen LogP contribution in [0.25, 0.3) is 0 Å². The lowest BCUT2D eigenvalue weighted by atomic mass is 10.0. The van der Waals surface area contributed by atoms with Gasteiger partial charge in [0.2, 0.25) is 0 Å². The van der Waals surface area contributed by atoms with Gasteiger partial charge in [-0.25, -0.2) is 4.39 Å². The number of carbonyl (C=O) groups excluding carboxylic acids is 1. The SMILES string of the molecule is CCCc1cc(F)c(OC)c(C(C)=O)c1OC. The Morgan fingerprint density at radius 3 is 2.29 bits per heavy atom. The number of ether oxygens (including phenoxy) is 2. The molecule has 94 valence electrons. The Morgan fingerprint density at radius 1 is 1.29 bits per heavy atom. The highest BCUT2D eigenvalue weighted by atomic mass is 19.1. The van der Waals surface area contributed by atoms with Gasteiger partial charge < -0.3 is 9.47 Å². The summed E-state index contributed by atoms with van der Waals surface area (Å²) in [4.78, 5) is 11.6. The van der Waals surface area contributed by atoms with Crippen molar-refractivity contribution in [2.45, 2.75) is 26.7 Å². The largest absolute Gasteiger partial charge is 0.496 e. The highest BCUT2D eigenvalue weighted by molar-refractivity contribution is 6.00. The van der Waals surface area contributed by atoms with Crippen molar-refractivity contribution in [3.8, 4) is 11.5 Å². The number of benzene rings is 1. The number of ketones is 1. The van der Waals surface area contributed by atoms with E-state index in [1.54, 1.807) is 0 Å². The van der Waals surface area contributed by atoms with Crippen molar-refractivity contribution in [2.24, 2.45) is 0 Å². The van der Waals surface area contributed by atoms with E-state index < -0.39 is 5.82 Å². The van der Waals surface area contributed by atoms with E-state index in [0.717, 1.165) is 6.42 Å². The first-order valence-corrected chi connectivity index (χ1v) is 5.51. The lowest BCUT2D eigenvalue weighted by Crippen LogP contribution is -2.06. The number of carbonyl (C=O) groups is 1. The first-order valence-electron chi connectivity index (χ1n) is 5.51. The molecule has 4 heteroatoms. The fourth-order valence-electron chi connectivity index (χ4n) is 1.87. The zero-order valence-corrected chi connectivity index (χ0v) is 10.6. The number of hydrogen-bond donors (Lipinski definition) is 0. The summed E-state index contributed by atoms with van der Waals surface area (Å²) < 4.78 is 23.9. The van der Waals surface area contributed by atoms with Crippen LogP contribution >= 0.6 is 0 Å². The average molecular weight is 240 g/mol. The zero-order valence-electron chi connectivity index (χ0n) is 10.6. The molecule has 0 saturated carbocycles. The molecule has 0 aliphatic heterocycles. The maximum atomic E-state index is 13.8. The Labute approximate surface area is 101 Å². The quantitative estimate of drug-likeness (QED) is 0.742. The molecule has 0 radical (unpaired) electrons. The predicted molar refractivity (Wildman–Crippen MR) is 63.5 cm³/mol. The smallest absolute Gasteiger partial charge is 0.169 e. The van der Waals surface area contributed by atoms with Crippen LogP contribution in [0, 0.1) is 5.82 Å². The van der Waals surface area contributed by atoms with E-state index in [9.17, 15) is 9.18 Å². The van der Waals surface area contributed by atoms with Crippen molar-refractivity contribution in [1.29, 1.82) is 0 Å². The van der Waals surface area contributed by atoms with Crippen LogP contribution in [0.5, 0.6) is 11.5 Å². The van der Waals surface area contributed by atoms with Gasteiger partial charge in [0, 0.05) is 0 Å². The summed E-state index contributed by atoms with van der Waals surface area (Å²) >= 11 is 0. The van der Waals surface area contributed by atoms with E-state index in [4.69, 9.17) is 9.47 Å². The van der Waals surface area contributed by atoms with Crippen molar-refractivity contribution in [3.05, 3.63) is 23.0 Å². The van der Waals surface area contributed by atoms with Gasteiger partial charge in [-0.05, 0) is 25.0 Å². The molecule has 0 saturated heterocycles. The topological polar surface area (TPSA) is 35.5 Å². The van der Waals surface area contributed by atoms with Gasteiger partial charge in [0.25, 0.3) is 0 Å². The van der Waals surface area contributed by atoms with E-state index in [2.05, 4.69) is 0 Å². The number of rotatable bonds is 5. The van der Waals surface area contributed by atoms with Crippen molar-refractivity contribution in [3.63, 3.8) is 0 Å². The fraction of sp³-hybridized carbons (Fsp3) is 0.462. The number of methoxy groups -OCH3 is 2. The van der Waals surface area contributed by atoms with E-state index >= 15 is 0 Å². The molecule has 0 unspecified atom stereocenters. The third kappa shape index (κ3) is 2.57. The minimum Gasteiger partial charge on any atom is -0.496 e. The lowest BCUT2D eigenvalue weighted by molar-refractivity contribution is 0.101. The third-order valence-electron chi connectivity index (χ3n) is 2.54. The molecule has 1 aromatic rings. The second-order valence-corrected chi connectivity index (χ2v) is 3.77. The molecule has 0 heterocycles. The molecule has 0 aromatic heterocycles. The van der Waals surface area contributed by atoms with Gasteiger partial charge in [-0.2, -0.15) is 0 Å². The molecule has 0 amide bonds. The van der Waals surface area contributed by atoms with Crippen LogP contribution in [-0.2, 0) is 6.42 Å². The highest BCUT2D eigenvalue weighted by Crippen LogP contribution is 2.35. The van der Waals surface area contributed by atoms with Gasteiger partial charge in [-0.1, -0.05) is 13.3 Å². The first kappa shape index (κ1) is 13.5. The molecule has 1 aromatic carbocycles. The number of hydrogen-bond acceptors (Lipinski definition) is 3. The Kier molecular flexibility index (Phi) is 4.49. The second-order valence-electron chi connectivity index (χ2n) is 3.77. The minimum absolute atomic E-state index is 0.0470. The van der Waals surface area contributed by atoms with Crippen LogP contribution in [0.15, 0.2) is 6.07 Å². The molecule has 0 atom stereocenters. The summed E-state index contributed by atoms with van der Waals surface area (Å²) in [5, 5.41) is 0. The molecule has 17 heavy (non-hydrogen) atoms. The Balaban J connectivity index is 3.53. The minimum atomic E-state index is -0.526. The van der Waals surface area contributed by atoms with Gasteiger partial charge in [0.1, 0.15) is 11.3 Å². The highest BCUT2D eigenvalue weighted by Gasteiger charge is 2.22. The summed E-state index contributed by atoms with van der Waals surface area (Å²) in [5.74, 6) is -0.427. The van der Waals surface area contributed by atoms with Gasteiger partial charge in [-0.15, -0.1) is 0 Å². The maximum absolute atomic E-state index is 13.8. The normalized spacial score (nSPS) is 10.2. The van der Waals surface area contributed by atoms with Gasteiger partial charge in [0.05, 0.1) is 14.2 Å². The van der Waals surface area contributed by atoms with Crippen LogP contribution in [0.1, 0.15) is 36.2 Å². The van der Waals surface area contributed by atoms with Crippen LogP contribution in [-0.4, -0.2) is 20.0 Å². The molecule has 0 bridgehead atoms. The van der Waals surface area contributed by atoms with E-state index in [-0.39, 0.29) is 17.1 Å². The molecule has 0 aliphatic carbocycles. The Bertz CT molecular complexity index is 427. The van der Waals surface area contributed by atoms with Crippen molar-refractivity contribution >= 4 is 5.78 Å². The molecule has 0 spiro atoms. The molecule has 3 nitrogen and oxygen atoms in total. The van der Waals surface area contributed by atoms with Crippen LogP contribution < -0.4 is 9.47 Å². The van der Waals surface area contributed by atoms with Gasteiger partial charge >= 0.3 is 0 Å². The standard InChI is InChI=1S/C13H17FO3/c1-5-6-9-7-10(14)13(17-4)11(8(2)15)12(9)16-3/h7H,5-6H2,1-4H3. The van der Waals surface area contributed by atoms with Gasteiger partial charge in [-0.3, -0.25) is 4.79 Å². The molecular formula is C13H17FO3. The van der Waals surface area contributed by atoms with Crippen molar-refractivity contribution < 1.29 is 18.7 Å². The molecule has 0 N–H and O–H groups in total. The summed E-state index contributed by atoms with van der Waals surface area (Å²) in [7, 11) is 2.81. The van der Waals surface area contributed by atoms with E-state index in [0.29, 0.717) is 17.7 Å². The van der Waals surface area contributed by atoms with Crippen LogP contribution in [0.3, 0.4) is 0 Å². The van der Waals surface area contributed by atoms with Crippen molar-refractivity contribution in [2.75, 3.05) is 14.2 Å². The molecule has 0 aliphatic rings. The molecule has 1 rings (SSSR count). The number of aryl methyl sites for hydroxylation is 1. The van der Waals surface area contributed by atoms with E-state index in [1.165, 1.54) is 27.2 Å². The third-order valence-corrected chi connectivity index (χ3v) is 2.54. The number of halogens is 1. The summed E-state index contributed by atoms with van der Waals surface area (Å²) in [6, 6.07) is 1.37. The monoisotopic (exact) mass is 240 g/mol. The van der Waals surface area contributed by atoms with Gasteiger partial charge in [0.15, 0.2) is 17.3 Å². The average Bonchev–Trinajstić information content (AvgIpc) is 2.28. The molecule has 0 fully saturated rings. The van der Waals surface area contributed by atoms with Crippen LogP contribution in [0.4, 0.5) is 4.39 Å². The number of Topliss-reactive ketones (excluding diaryl/α,β-unsaturated/α-hetero) is 1. The Hall–Kier alpha value is -1.58. The lowest BCUT2D eigenvalue weighted by Gasteiger charge is -2.15. The van der Waals surface area contributed by atoms with E-state index in [1.807, 2.05) is 6.92 Å². The zero-order chi connectivity index (χ0) is 13.0. The summed E-state index contributed by atoms with van der Waals surface area (Å²) in [6.07, 6.45) is 1.50. The second kappa shape index (κ2) is 5.66. The van der Waals surface area contributed by atoms with Crippen molar-refractivity contribution in [1.82, 2.24) is 0 Å². The summed E-state index contributed by atoms with van der Waals surface area (Å²) in [5.41, 5.74) is 0.872. The fourth-order valence-corrected chi connectivity index (χ4v) is 1.87. The van der Waals surface area contributed by atoms with Crippen LogP contribution in [0.2, 0.25) is 0 Å². The molecular weight excluding hydrogens is 223 g/mol. The Morgan fingerprint density at radius 2 is 1.88 bits per heavy atom.